The molecule has 1 N–H and O–H groups in total. The summed E-state index contributed by atoms with van der Waals surface area (Å²) in [6, 6.07) is 13.1. The molecule has 0 atom stereocenters. The largest absolute Gasteiger partial charge is 0.497 e. The first-order chi connectivity index (χ1) is 10.6. The van der Waals surface area contributed by atoms with Crippen molar-refractivity contribution in [2.75, 3.05) is 12.4 Å². The molecule has 5 heteroatoms. The van der Waals surface area contributed by atoms with Crippen LogP contribution in [-0.2, 0) is 0 Å². The number of hydrogen-bond donors (Lipinski definition) is 1. The highest BCUT2D eigenvalue weighted by Crippen LogP contribution is 2.29. The van der Waals surface area contributed by atoms with Gasteiger partial charge in [0, 0.05) is 14.5 Å². The number of rotatable bonds is 3. The topological polar surface area (TPSA) is 51.5 Å². The molecule has 0 aliphatic carbocycles. The summed E-state index contributed by atoms with van der Waals surface area (Å²) in [6.45, 7) is 1.87. The minimum atomic E-state index is -0.253. The molecule has 3 rings (SSSR count). The van der Waals surface area contributed by atoms with Crippen LogP contribution in [0.3, 0.4) is 0 Å². The molecule has 0 radical (unpaired) electrons. The number of carbonyl (C=O) groups excluding carboxylic acids is 1. The zero-order chi connectivity index (χ0) is 15.7. The molecule has 2 aromatic carbocycles. The molecule has 0 bridgehead atoms. The normalized spacial score (nSPS) is 10.7. The van der Waals surface area contributed by atoms with E-state index >= 15 is 0 Å². The number of halogens is 1. The van der Waals surface area contributed by atoms with Crippen LogP contribution >= 0.6 is 22.6 Å². The zero-order valence-electron chi connectivity index (χ0n) is 12.1. The van der Waals surface area contributed by atoms with Crippen molar-refractivity contribution in [3.63, 3.8) is 0 Å². The average Bonchev–Trinajstić information content (AvgIpc) is 2.86. The Kier molecular flexibility index (Phi) is 4.06. The van der Waals surface area contributed by atoms with Crippen LogP contribution in [0.2, 0.25) is 0 Å². The van der Waals surface area contributed by atoms with Gasteiger partial charge in [0.1, 0.15) is 11.3 Å². The van der Waals surface area contributed by atoms with Crippen LogP contribution in [-0.4, -0.2) is 13.0 Å². The average molecular weight is 407 g/mol. The van der Waals surface area contributed by atoms with Gasteiger partial charge in [-0.3, -0.25) is 4.79 Å². The predicted molar refractivity (Wildman–Crippen MR) is 94.6 cm³/mol. The Morgan fingerprint density at radius 1 is 1.23 bits per heavy atom. The zero-order valence-corrected chi connectivity index (χ0v) is 14.3. The van der Waals surface area contributed by atoms with Crippen molar-refractivity contribution in [3.05, 3.63) is 57.4 Å². The number of ether oxygens (including phenoxy) is 1. The molecule has 0 spiro atoms. The van der Waals surface area contributed by atoms with E-state index < -0.39 is 0 Å². The second kappa shape index (κ2) is 6.00. The number of furan rings is 1. The lowest BCUT2D eigenvalue weighted by Gasteiger charge is -2.05. The van der Waals surface area contributed by atoms with Crippen LogP contribution in [0.15, 0.2) is 46.9 Å². The Hall–Kier alpha value is -2.02. The smallest absolute Gasteiger partial charge is 0.291 e. The lowest BCUT2D eigenvalue weighted by atomic mass is 10.1. The lowest BCUT2D eigenvalue weighted by molar-refractivity contribution is 0.0998. The second-order valence-corrected chi connectivity index (χ2v) is 6.01. The molecular formula is C17H14INO3. The van der Waals surface area contributed by atoms with Gasteiger partial charge >= 0.3 is 0 Å². The van der Waals surface area contributed by atoms with E-state index in [0.29, 0.717) is 11.3 Å². The van der Waals surface area contributed by atoms with Gasteiger partial charge in [0.15, 0.2) is 5.76 Å². The number of amides is 1. The van der Waals surface area contributed by atoms with E-state index in [2.05, 4.69) is 27.9 Å². The second-order valence-electron chi connectivity index (χ2n) is 4.85. The standard InChI is InChI=1S/C17H14INO3/c1-10-12-9-11(21-2)7-8-15(12)22-16(10)17(20)19-14-6-4-3-5-13(14)18/h3-9H,1-2H3,(H,19,20). The van der Waals surface area contributed by atoms with Gasteiger partial charge in [0.2, 0.25) is 0 Å². The summed E-state index contributed by atoms with van der Waals surface area (Å²) in [5, 5.41) is 3.77. The van der Waals surface area contributed by atoms with Gasteiger partial charge in [-0.15, -0.1) is 0 Å². The molecule has 4 nitrogen and oxygen atoms in total. The Bertz CT molecular complexity index is 854. The minimum Gasteiger partial charge on any atom is -0.497 e. The molecule has 22 heavy (non-hydrogen) atoms. The molecule has 1 amide bonds. The van der Waals surface area contributed by atoms with Crippen LogP contribution in [0.5, 0.6) is 5.75 Å². The van der Waals surface area contributed by atoms with Crippen molar-refractivity contribution in [3.8, 4) is 5.75 Å². The first-order valence-electron chi connectivity index (χ1n) is 6.73. The number of nitrogens with one attached hydrogen (secondary N) is 1. The fourth-order valence-electron chi connectivity index (χ4n) is 2.29. The molecule has 0 aliphatic heterocycles. The Balaban J connectivity index is 1.97. The Labute approximate surface area is 141 Å². The van der Waals surface area contributed by atoms with E-state index in [9.17, 15) is 4.79 Å². The lowest BCUT2D eigenvalue weighted by Crippen LogP contribution is -2.12. The summed E-state index contributed by atoms with van der Waals surface area (Å²) in [6.07, 6.45) is 0. The molecule has 1 heterocycles. The van der Waals surface area contributed by atoms with Crippen molar-refractivity contribution < 1.29 is 13.9 Å². The molecule has 1 aromatic heterocycles. The summed E-state index contributed by atoms with van der Waals surface area (Å²) < 4.78 is 11.9. The minimum absolute atomic E-state index is 0.253. The summed E-state index contributed by atoms with van der Waals surface area (Å²) in [5.41, 5.74) is 2.24. The van der Waals surface area contributed by atoms with Crippen LogP contribution < -0.4 is 10.1 Å². The number of anilines is 1. The quantitative estimate of drug-likeness (QED) is 0.646. The third kappa shape index (κ3) is 2.68. The number of fused-ring (bicyclic) bond motifs is 1. The molecule has 0 aliphatic rings. The van der Waals surface area contributed by atoms with E-state index in [1.54, 1.807) is 7.11 Å². The van der Waals surface area contributed by atoms with Crippen LogP contribution in [0, 0.1) is 10.5 Å². The predicted octanol–water partition coefficient (Wildman–Crippen LogP) is 4.61. The van der Waals surface area contributed by atoms with Gasteiger partial charge in [0.25, 0.3) is 5.91 Å². The van der Waals surface area contributed by atoms with Crippen molar-refractivity contribution in [1.29, 1.82) is 0 Å². The van der Waals surface area contributed by atoms with Crippen molar-refractivity contribution in [2.24, 2.45) is 0 Å². The van der Waals surface area contributed by atoms with E-state index in [4.69, 9.17) is 9.15 Å². The summed E-state index contributed by atoms with van der Waals surface area (Å²) in [7, 11) is 1.61. The molecule has 0 fully saturated rings. The first-order valence-corrected chi connectivity index (χ1v) is 7.81. The number of aryl methyl sites for hydroxylation is 1. The Morgan fingerprint density at radius 3 is 2.73 bits per heavy atom. The number of benzene rings is 2. The molecule has 0 saturated carbocycles. The Morgan fingerprint density at radius 2 is 2.00 bits per heavy atom. The summed E-state index contributed by atoms with van der Waals surface area (Å²) >= 11 is 2.18. The van der Waals surface area contributed by atoms with Crippen LogP contribution in [0.25, 0.3) is 11.0 Å². The maximum absolute atomic E-state index is 12.5. The highest BCUT2D eigenvalue weighted by Gasteiger charge is 2.18. The molecule has 0 unspecified atom stereocenters. The number of carbonyl (C=O) groups is 1. The molecular weight excluding hydrogens is 393 g/mol. The highest BCUT2D eigenvalue weighted by molar-refractivity contribution is 14.1. The SMILES string of the molecule is COc1ccc2oc(C(=O)Nc3ccccc3I)c(C)c2c1. The fourth-order valence-corrected chi connectivity index (χ4v) is 2.81. The number of methoxy groups -OCH3 is 1. The van der Waals surface area contributed by atoms with Gasteiger partial charge < -0.3 is 14.5 Å². The van der Waals surface area contributed by atoms with E-state index in [0.717, 1.165) is 26.0 Å². The number of para-hydroxylation sites is 1. The first kappa shape index (κ1) is 14.9. The molecule has 112 valence electrons. The maximum atomic E-state index is 12.5. The van der Waals surface area contributed by atoms with Crippen molar-refractivity contribution in [2.45, 2.75) is 6.92 Å². The maximum Gasteiger partial charge on any atom is 0.291 e. The molecule has 3 aromatic rings. The van der Waals surface area contributed by atoms with Crippen molar-refractivity contribution in [1.82, 2.24) is 0 Å². The van der Waals surface area contributed by atoms with Crippen LogP contribution in [0.4, 0.5) is 5.69 Å². The summed E-state index contributed by atoms with van der Waals surface area (Å²) in [5.74, 6) is 0.806. The van der Waals surface area contributed by atoms with E-state index in [1.807, 2.05) is 49.4 Å². The highest BCUT2D eigenvalue weighted by atomic mass is 127. The van der Waals surface area contributed by atoms with Gasteiger partial charge in [-0.1, -0.05) is 12.1 Å². The van der Waals surface area contributed by atoms with Crippen molar-refractivity contribution >= 4 is 45.2 Å². The van der Waals surface area contributed by atoms with Gasteiger partial charge in [-0.05, 0) is 59.8 Å². The third-order valence-electron chi connectivity index (χ3n) is 3.47. The monoisotopic (exact) mass is 407 g/mol. The third-order valence-corrected chi connectivity index (χ3v) is 4.41. The summed E-state index contributed by atoms with van der Waals surface area (Å²) in [4.78, 5) is 12.5. The number of hydrogen-bond acceptors (Lipinski definition) is 3. The van der Waals surface area contributed by atoms with Gasteiger partial charge in [-0.25, -0.2) is 0 Å². The van der Waals surface area contributed by atoms with E-state index in [1.165, 1.54) is 0 Å². The van der Waals surface area contributed by atoms with E-state index in [-0.39, 0.29) is 5.91 Å². The molecule has 0 saturated heterocycles. The van der Waals surface area contributed by atoms with Gasteiger partial charge in [0.05, 0.1) is 12.8 Å². The van der Waals surface area contributed by atoms with Gasteiger partial charge in [-0.2, -0.15) is 0 Å². The van der Waals surface area contributed by atoms with Crippen LogP contribution in [0.1, 0.15) is 16.1 Å². The fraction of sp³-hybridized carbons (Fsp3) is 0.118.